The molecule has 0 bridgehead atoms. The molecule has 7 heteroatoms. The number of hydrogen-bond donors (Lipinski definition) is 3. The molecule has 0 saturated carbocycles. The number of fused-ring (bicyclic) bond motifs is 1. The molecule has 2 aromatic rings. The number of nitrogens with zero attached hydrogens (tertiary/aromatic N) is 4. The van der Waals surface area contributed by atoms with Crippen LogP contribution in [0.1, 0.15) is 11.9 Å². The number of aromatic nitrogens is 2. The Hall–Kier alpha value is -2.08. The van der Waals surface area contributed by atoms with Crippen molar-refractivity contribution in [2.75, 3.05) is 6.54 Å². The number of aliphatic hydroxyl groups excluding tert-OH is 2. The molecule has 0 aliphatic rings. The van der Waals surface area contributed by atoms with Crippen LogP contribution in [0.5, 0.6) is 0 Å². The molecule has 1 heterocycles. The van der Waals surface area contributed by atoms with Gasteiger partial charge in [-0.05, 0) is 17.7 Å². The molecule has 0 amide bonds. The minimum atomic E-state index is -1.20. The van der Waals surface area contributed by atoms with Crippen molar-refractivity contribution in [3.63, 3.8) is 0 Å². The summed E-state index contributed by atoms with van der Waals surface area (Å²) in [5.41, 5.74) is 9.61. The zero-order valence-corrected chi connectivity index (χ0v) is 8.85. The molecule has 0 aliphatic heterocycles. The molecule has 0 radical (unpaired) electrons. The molecule has 1 aromatic heterocycles. The molecule has 88 valence electrons. The summed E-state index contributed by atoms with van der Waals surface area (Å²) in [6.45, 7) is -0.200. The first-order valence-electron chi connectivity index (χ1n) is 5.04. The third kappa shape index (κ3) is 2.36. The average molecular weight is 233 g/mol. The predicted molar refractivity (Wildman–Crippen MR) is 61.1 cm³/mol. The van der Waals surface area contributed by atoms with Crippen LogP contribution in [0.25, 0.3) is 21.5 Å². The molecule has 0 fully saturated rings. The van der Waals surface area contributed by atoms with Crippen molar-refractivity contribution in [2.45, 2.75) is 12.2 Å². The number of nitrogens with one attached hydrogen (secondary N) is 1. The maximum absolute atomic E-state index is 9.79. The summed E-state index contributed by atoms with van der Waals surface area (Å²) in [7, 11) is 0. The SMILES string of the molecule is [N-]=[N+]=NCC(O)C(O)c1nc2ccccc2[nH]1. The summed E-state index contributed by atoms with van der Waals surface area (Å²) >= 11 is 0. The Morgan fingerprint density at radius 2 is 2.18 bits per heavy atom. The van der Waals surface area contributed by atoms with Gasteiger partial charge in [-0.25, -0.2) is 4.98 Å². The molecule has 1 aromatic carbocycles. The van der Waals surface area contributed by atoms with E-state index >= 15 is 0 Å². The lowest BCUT2D eigenvalue weighted by Crippen LogP contribution is -2.22. The highest BCUT2D eigenvalue weighted by Gasteiger charge is 2.20. The van der Waals surface area contributed by atoms with Crippen molar-refractivity contribution in [3.8, 4) is 0 Å². The summed E-state index contributed by atoms with van der Waals surface area (Å²) in [6.07, 6.45) is -2.38. The highest BCUT2D eigenvalue weighted by Crippen LogP contribution is 2.18. The Labute approximate surface area is 96.4 Å². The summed E-state index contributed by atoms with van der Waals surface area (Å²) in [5, 5.41) is 22.5. The topological polar surface area (TPSA) is 118 Å². The van der Waals surface area contributed by atoms with Gasteiger partial charge in [0.1, 0.15) is 11.9 Å². The van der Waals surface area contributed by atoms with Gasteiger partial charge in [-0.1, -0.05) is 17.2 Å². The third-order valence-corrected chi connectivity index (χ3v) is 2.38. The molecular formula is C10H11N5O2. The zero-order chi connectivity index (χ0) is 12.3. The van der Waals surface area contributed by atoms with E-state index in [1.165, 1.54) is 0 Å². The Kier molecular flexibility index (Phi) is 3.24. The smallest absolute Gasteiger partial charge is 0.138 e. The lowest BCUT2D eigenvalue weighted by Gasteiger charge is -2.12. The van der Waals surface area contributed by atoms with E-state index in [1.807, 2.05) is 18.2 Å². The maximum Gasteiger partial charge on any atom is 0.138 e. The molecule has 17 heavy (non-hydrogen) atoms. The molecule has 0 spiro atoms. The number of imidazole rings is 1. The van der Waals surface area contributed by atoms with Crippen molar-refractivity contribution < 1.29 is 10.2 Å². The number of azide groups is 1. The van der Waals surface area contributed by atoms with Crippen LogP contribution in [0.3, 0.4) is 0 Å². The first-order chi connectivity index (χ1) is 8.22. The quantitative estimate of drug-likeness (QED) is 0.419. The van der Waals surface area contributed by atoms with E-state index in [2.05, 4.69) is 20.0 Å². The molecular weight excluding hydrogens is 222 g/mol. The lowest BCUT2D eigenvalue weighted by atomic mass is 10.2. The second-order valence-electron chi connectivity index (χ2n) is 3.56. The normalized spacial score (nSPS) is 14.2. The molecule has 2 atom stereocenters. The molecule has 0 saturated heterocycles. The Morgan fingerprint density at radius 3 is 2.88 bits per heavy atom. The molecule has 0 aliphatic carbocycles. The van der Waals surface area contributed by atoms with Crippen molar-refractivity contribution in [3.05, 3.63) is 40.5 Å². The minimum Gasteiger partial charge on any atom is -0.390 e. The van der Waals surface area contributed by atoms with Gasteiger partial charge < -0.3 is 15.2 Å². The maximum atomic E-state index is 9.79. The monoisotopic (exact) mass is 233 g/mol. The van der Waals surface area contributed by atoms with Gasteiger partial charge in [0.15, 0.2) is 0 Å². The second-order valence-corrected chi connectivity index (χ2v) is 3.56. The summed E-state index contributed by atoms with van der Waals surface area (Å²) < 4.78 is 0. The van der Waals surface area contributed by atoms with Gasteiger partial charge in [-0.15, -0.1) is 0 Å². The van der Waals surface area contributed by atoms with Crippen LogP contribution in [0.4, 0.5) is 0 Å². The number of hydrogen-bond acceptors (Lipinski definition) is 4. The van der Waals surface area contributed by atoms with Gasteiger partial charge in [0.25, 0.3) is 0 Å². The van der Waals surface area contributed by atoms with Gasteiger partial charge in [-0.3, -0.25) is 0 Å². The van der Waals surface area contributed by atoms with Crippen molar-refractivity contribution in [2.24, 2.45) is 5.11 Å². The van der Waals surface area contributed by atoms with Crippen LogP contribution in [-0.4, -0.2) is 32.8 Å². The predicted octanol–water partition coefficient (Wildman–Crippen LogP) is 1.27. The van der Waals surface area contributed by atoms with E-state index in [-0.39, 0.29) is 12.4 Å². The summed E-state index contributed by atoms with van der Waals surface area (Å²) in [6, 6.07) is 7.28. The summed E-state index contributed by atoms with van der Waals surface area (Å²) in [4.78, 5) is 9.56. The van der Waals surface area contributed by atoms with Crippen LogP contribution >= 0.6 is 0 Å². The fourth-order valence-corrected chi connectivity index (χ4v) is 1.51. The van der Waals surface area contributed by atoms with E-state index in [4.69, 9.17) is 5.53 Å². The van der Waals surface area contributed by atoms with Crippen LogP contribution in [0, 0.1) is 0 Å². The number of benzene rings is 1. The lowest BCUT2D eigenvalue weighted by molar-refractivity contribution is 0.0196. The van der Waals surface area contributed by atoms with Gasteiger partial charge in [0, 0.05) is 4.91 Å². The van der Waals surface area contributed by atoms with Crippen molar-refractivity contribution >= 4 is 11.0 Å². The van der Waals surface area contributed by atoms with Crippen molar-refractivity contribution in [1.29, 1.82) is 0 Å². The standard InChI is InChI=1S/C10H11N5O2/c11-15-12-5-8(16)9(17)10-13-6-3-1-2-4-7(6)14-10/h1-4,8-9,16-17H,5H2,(H,13,14). The van der Waals surface area contributed by atoms with Gasteiger partial charge >= 0.3 is 0 Å². The number of rotatable bonds is 4. The molecule has 2 unspecified atom stereocenters. The van der Waals surface area contributed by atoms with Crippen LogP contribution in [0.15, 0.2) is 29.4 Å². The Balaban J connectivity index is 2.23. The van der Waals surface area contributed by atoms with Crippen molar-refractivity contribution in [1.82, 2.24) is 9.97 Å². The molecule has 3 N–H and O–H groups in total. The third-order valence-electron chi connectivity index (χ3n) is 2.38. The van der Waals surface area contributed by atoms with Crippen LogP contribution in [-0.2, 0) is 0 Å². The van der Waals surface area contributed by atoms with Gasteiger partial charge in [0.2, 0.25) is 0 Å². The largest absolute Gasteiger partial charge is 0.390 e. The first kappa shape index (κ1) is 11.4. The highest BCUT2D eigenvalue weighted by atomic mass is 16.3. The number of aromatic amines is 1. The average Bonchev–Trinajstić information content (AvgIpc) is 2.78. The van der Waals surface area contributed by atoms with E-state index < -0.39 is 12.2 Å². The van der Waals surface area contributed by atoms with Crippen LogP contribution in [0.2, 0.25) is 0 Å². The minimum absolute atomic E-state index is 0.200. The van der Waals surface area contributed by atoms with E-state index in [9.17, 15) is 10.2 Å². The van der Waals surface area contributed by atoms with Crippen LogP contribution < -0.4 is 0 Å². The fraction of sp³-hybridized carbons (Fsp3) is 0.300. The first-order valence-corrected chi connectivity index (χ1v) is 5.04. The Morgan fingerprint density at radius 1 is 1.41 bits per heavy atom. The molecule has 2 rings (SSSR count). The fourth-order valence-electron chi connectivity index (χ4n) is 1.51. The van der Waals surface area contributed by atoms with E-state index in [1.54, 1.807) is 6.07 Å². The number of H-pyrrole nitrogens is 1. The van der Waals surface area contributed by atoms with Gasteiger partial charge in [-0.2, -0.15) is 0 Å². The number of para-hydroxylation sites is 2. The van der Waals surface area contributed by atoms with E-state index in [0.29, 0.717) is 5.52 Å². The zero-order valence-electron chi connectivity index (χ0n) is 8.85. The second kappa shape index (κ2) is 4.84. The van der Waals surface area contributed by atoms with E-state index in [0.717, 1.165) is 5.52 Å². The highest BCUT2D eigenvalue weighted by molar-refractivity contribution is 5.74. The summed E-state index contributed by atoms with van der Waals surface area (Å²) in [5.74, 6) is 0.256. The Bertz CT molecular complexity index is 528. The van der Waals surface area contributed by atoms with Gasteiger partial charge in [0.05, 0.1) is 23.7 Å². The molecule has 7 nitrogen and oxygen atoms in total. The number of aliphatic hydroxyl groups is 2.